The van der Waals surface area contributed by atoms with Crippen molar-refractivity contribution in [2.24, 2.45) is 0 Å². The molecule has 1 heterocycles. The second-order valence-electron chi connectivity index (χ2n) is 4.95. The molecular weight excluding hydrogens is 260 g/mol. The van der Waals surface area contributed by atoms with E-state index in [1.54, 1.807) is 13.3 Å². The van der Waals surface area contributed by atoms with Crippen molar-refractivity contribution in [2.75, 3.05) is 11.5 Å². The monoisotopic (exact) mass is 280 g/mol. The summed E-state index contributed by atoms with van der Waals surface area (Å²) in [4.78, 5) is 4.37. The van der Waals surface area contributed by atoms with E-state index in [-0.39, 0.29) is 11.5 Å². The topological polar surface area (TPSA) is 52.0 Å². The zero-order valence-corrected chi connectivity index (χ0v) is 12.5. The van der Waals surface area contributed by atoms with Crippen LogP contribution in [0.15, 0.2) is 18.5 Å². The Bertz CT molecular complexity index is 687. The van der Waals surface area contributed by atoms with Crippen molar-refractivity contribution in [3.8, 4) is 0 Å². The molecule has 0 saturated heterocycles. The molecule has 0 fully saturated rings. The minimum atomic E-state index is -2.87. The fourth-order valence-corrected chi connectivity index (χ4v) is 2.95. The first-order valence-corrected chi connectivity index (χ1v) is 8.37. The third-order valence-corrected chi connectivity index (χ3v) is 5.32. The molecule has 1 aromatic carbocycles. The van der Waals surface area contributed by atoms with Crippen molar-refractivity contribution in [1.29, 1.82) is 0 Å². The maximum Gasteiger partial charge on any atom is 0.150 e. The predicted molar refractivity (Wildman–Crippen MR) is 78.2 cm³/mol. The van der Waals surface area contributed by atoms with Crippen molar-refractivity contribution < 1.29 is 8.42 Å². The Morgan fingerprint density at radius 2 is 1.89 bits per heavy atom. The van der Waals surface area contributed by atoms with Crippen molar-refractivity contribution in [2.45, 2.75) is 33.7 Å². The van der Waals surface area contributed by atoms with Crippen LogP contribution in [-0.2, 0) is 16.4 Å². The molecule has 0 radical (unpaired) electrons. The fraction of sp³-hybridized carbons (Fsp3) is 0.500. The molecule has 4 nitrogen and oxygen atoms in total. The number of fused-ring (bicyclic) bond motifs is 1. The van der Waals surface area contributed by atoms with Crippen LogP contribution in [0.4, 0.5) is 0 Å². The third-order valence-electron chi connectivity index (χ3n) is 3.53. The second-order valence-corrected chi connectivity index (χ2v) is 7.43. The lowest BCUT2D eigenvalue weighted by atomic mass is 10.1. The minimum Gasteiger partial charge on any atom is -0.331 e. The van der Waals surface area contributed by atoms with Crippen LogP contribution in [0.2, 0.25) is 0 Å². The molecular formula is C14H20N2O2S. The van der Waals surface area contributed by atoms with Gasteiger partial charge in [-0.15, -0.1) is 0 Å². The quantitative estimate of drug-likeness (QED) is 0.845. The van der Waals surface area contributed by atoms with E-state index in [1.807, 2.05) is 4.57 Å². The van der Waals surface area contributed by atoms with E-state index >= 15 is 0 Å². The summed E-state index contributed by atoms with van der Waals surface area (Å²) in [6.45, 7) is 6.53. The number of hydrogen-bond donors (Lipinski definition) is 0. The van der Waals surface area contributed by atoms with Gasteiger partial charge >= 0.3 is 0 Å². The van der Waals surface area contributed by atoms with Gasteiger partial charge in [0, 0.05) is 12.3 Å². The van der Waals surface area contributed by atoms with Crippen LogP contribution in [0.3, 0.4) is 0 Å². The van der Waals surface area contributed by atoms with Gasteiger partial charge in [0.1, 0.15) is 9.84 Å². The first-order valence-electron chi connectivity index (χ1n) is 6.55. The molecule has 0 aliphatic heterocycles. The third kappa shape index (κ3) is 3.15. The van der Waals surface area contributed by atoms with Crippen molar-refractivity contribution in [3.05, 3.63) is 29.6 Å². The van der Waals surface area contributed by atoms with Gasteiger partial charge in [-0.05, 0) is 43.5 Å². The van der Waals surface area contributed by atoms with Crippen LogP contribution in [-0.4, -0.2) is 29.5 Å². The Labute approximate surface area is 114 Å². The Hall–Kier alpha value is -1.36. The summed E-state index contributed by atoms with van der Waals surface area (Å²) in [5.74, 6) is 0.462. The maximum absolute atomic E-state index is 11.5. The summed E-state index contributed by atoms with van der Waals surface area (Å²) in [7, 11) is -2.87. The van der Waals surface area contributed by atoms with Crippen LogP contribution in [0.25, 0.3) is 11.0 Å². The molecule has 0 atom stereocenters. The molecule has 1 aromatic heterocycles. The molecule has 19 heavy (non-hydrogen) atoms. The van der Waals surface area contributed by atoms with Gasteiger partial charge in [0.05, 0.1) is 23.1 Å². The lowest BCUT2D eigenvalue weighted by molar-refractivity contribution is 0.589. The van der Waals surface area contributed by atoms with E-state index in [2.05, 4.69) is 31.0 Å². The summed E-state index contributed by atoms with van der Waals surface area (Å²) < 4.78 is 25.0. The van der Waals surface area contributed by atoms with E-state index in [0.29, 0.717) is 13.0 Å². The average Bonchev–Trinajstić information content (AvgIpc) is 2.73. The smallest absolute Gasteiger partial charge is 0.150 e. The van der Waals surface area contributed by atoms with Crippen molar-refractivity contribution >= 4 is 20.9 Å². The van der Waals surface area contributed by atoms with Gasteiger partial charge in [-0.25, -0.2) is 13.4 Å². The molecule has 0 N–H and O–H groups in total. The van der Waals surface area contributed by atoms with Gasteiger partial charge < -0.3 is 4.57 Å². The van der Waals surface area contributed by atoms with Gasteiger partial charge in [-0.2, -0.15) is 0 Å². The number of aromatic nitrogens is 2. The lowest BCUT2D eigenvalue weighted by Crippen LogP contribution is -2.11. The first-order chi connectivity index (χ1) is 8.93. The number of hydrogen-bond acceptors (Lipinski definition) is 3. The Morgan fingerprint density at radius 1 is 1.21 bits per heavy atom. The molecule has 0 aliphatic rings. The summed E-state index contributed by atoms with van der Waals surface area (Å²) in [6, 6.07) is 4.19. The Balaban J connectivity index is 2.16. The highest BCUT2D eigenvalue weighted by Crippen LogP contribution is 2.18. The molecule has 2 rings (SSSR count). The second kappa shape index (κ2) is 5.33. The van der Waals surface area contributed by atoms with Gasteiger partial charge in [-0.3, -0.25) is 0 Å². The highest BCUT2D eigenvalue weighted by molar-refractivity contribution is 7.91. The molecule has 0 aliphatic carbocycles. The van der Waals surface area contributed by atoms with Gasteiger partial charge in [0.25, 0.3) is 0 Å². The fourth-order valence-electron chi connectivity index (χ4n) is 2.09. The number of imidazole rings is 1. The lowest BCUT2D eigenvalue weighted by Gasteiger charge is -2.06. The molecule has 0 amide bonds. The standard InChI is InChI=1S/C14H20N2O2S/c1-4-19(17,18)7-5-6-16-10-15-13-8-11(2)12(3)9-14(13)16/h8-10H,4-7H2,1-3H3. The van der Waals surface area contributed by atoms with Gasteiger partial charge in [-0.1, -0.05) is 6.92 Å². The molecule has 0 saturated carbocycles. The Morgan fingerprint density at radius 3 is 2.58 bits per heavy atom. The van der Waals surface area contributed by atoms with Crippen LogP contribution >= 0.6 is 0 Å². The summed E-state index contributed by atoms with van der Waals surface area (Å²) in [6.07, 6.45) is 2.43. The maximum atomic E-state index is 11.5. The molecule has 5 heteroatoms. The normalized spacial score (nSPS) is 12.2. The zero-order chi connectivity index (χ0) is 14.0. The van der Waals surface area contributed by atoms with Gasteiger partial charge in [0.15, 0.2) is 0 Å². The number of sulfone groups is 1. The number of aryl methyl sites for hydroxylation is 3. The van der Waals surface area contributed by atoms with Crippen molar-refractivity contribution in [3.63, 3.8) is 0 Å². The van der Waals surface area contributed by atoms with Crippen molar-refractivity contribution in [1.82, 2.24) is 9.55 Å². The average molecular weight is 280 g/mol. The molecule has 104 valence electrons. The predicted octanol–water partition coefficient (Wildman–Crippen LogP) is 2.48. The van der Waals surface area contributed by atoms with Crippen LogP contribution in [0, 0.1) is 13.8 Å². The van der Waals surface area contributed by atoms with E-state index in [1.165, 1.54) is 11.1 Å². The molecule has 2 aromatic rings. The molecule has 0 spiro atoms. The number of rotatable bonds is 5. The van der Waals surface area contributed by atoms with Crippen LogP contribution in [0.1, 0.15) is 24.5 Å². The summed E-state index contributed by atoms with van der Waals surface area (Å²) in [5, 5.41) is 0. The SMILES string of the molecule is CCS(=O)(=O)CCCn1cnc2cc(C)c(C)cc21. The van der Waals surface area contributed by atoms with E-state index in [4.69, 9.17) is 0 Å². The first kappa shape index (κ1) is 14.1. The number of benzene rings is 1. The molecule has 0 unspecified atom stereocenters. The van der Waals surface area contributed by atoms with Crippen LogP contribution in [0.5, 0.6) is 0 Å². The van der Waals surface area contributed by atoms with Crippen LogP contribution < -0.4 is 0 Å². The summed E-state index contributed by atoms with van der Waals surface area (Å²) in [5.41, 5.74) is 4.51. The van der Waals surface area contributed by atoms with E-state index < -0.39 is 9.84 Å². The highest BCUT2D eigenvalue weighted by Gasteiger charge is 2.09. The largest absolute Gasteiger partial charge is 0.331 e. The minimum absolute atomic E-state index is 0.218. The number of nitrogens with zero attached hydrogens (tertiary/aromatic N) is 2. The summed E-state index contributed by atoms with van der Waals surface area (Å²) >= 11 is 0. The highest BCUT2D eigenvalue weighted by atomic mass is 32.2. The van der Waals surface area contributed by atoms with Gasteiger partial charge in [0.2, 0.25) is 0 Å². The molecule has 0 bridgehead atoms. The zero-order valence-electron chi connectivity index (χ0n) is 11.7. The van der Waals surface area contributed by atoms with E-state index in [0.717, 1.165) is 11.0 Å². The van der Waals surface area contributed by atoms with E-state index in [9.17, 15) is 8.42 Å². The Kier molecular flexibility index (Phi) is 3.94.